The van der Waals surface area contributed by atoms with Gasteiger partial charge < -0.3 is 18.9 Å². The summed E-state index contributed by atoms with van der Waals surface area (Å²) in [5.74, 6) is 2.44. The molecule has 0 aromatic heterocycles. The quantitative estimate of drug-likeness (QED) is 0.490. The van der Waals surface area contributed by atoms with E-state index in [-0.39, 0.29) is 12.2 Å². The van der Waals surface area contributed by atoms with E-state index in [0.29, 0.717) is 25.0 Å². The van der Waals surface area contributed by atoms with Gasteiger partial charge in [-0.25, -0.2) is 0 Å². The normalized spacial score (nSPS) is 26.9. The monoisotopic (exact) mass is 390 g/mol. The summed E-state index contributed by atoms with van der Waals surface area (Å²) >= 11 is 0. The van der Waals surface area contributed by atoms with Gasteiger partial charge in [-0.2, -0.15) is 0 Å². The van der Waals surface area contributed by atoms with Crippen LogP contribution in [-0.4, -0.2) is 38.6 Å². The van der Waals surface area contributed by atoms with Gasteiger partial charge >= 0.3 is 0 Å². The Hall–Kier alpha value is -2.56. The first-order valence-corrected chi connectivity index (χ1v) is 10.3. The van der Waals surface area contributed by atoms with Crippen LogP contribution in [0.2, 0.25) is 0 Å². The maximum absolute atomic E-state index is 5.84. The minimum Gasteiger partial charge on any atom is -0.491 e. The lowest BCUT2D eigenvalue weighted by atomic mass is 9.87. The third kappa shape index (κ3) is 4.72. The third-order valence-corrected chi connectivity index (χ3v) is 5.57. The Kier molecular flexibility index (Phi) is 5.13. The molecule has 2 aromatic carbocycles. The van der Waals surface area contributed by atoms with Gasteiger partial charge in [0.2, 0.25) is 0 Å². The van der Waals surface area contributed by atoms with Gasteiger partial charge in [0.15, 0.2) is 0 Å². The number of hydrogen-bond donors (Lipinski definition) is 0. The average Bonchev–Trinajstić information content (AvgIpc) is 3.67. The summed E-state index contributed by atoms with van der Waals surface area (Å²) in [6.45, 7) is 5.03. The highest BCUT2D eigenvalue weighted by atomic mass is 16.6. The van der Waals surface area contributed by atoms with Crippen molar-refractivity contribution in [3.63, 3.8) is 0 Å². The number of benzene rings is 2. The maximum Gasteiger partial charge on any atom is 0.122 e. The van der Waals surface area contributed by atoms with Gasteiger partial charge in [-0.15, -0.1) is 0 Å². The summed E-state index contributed by atoms with van der Waals surface area (Å²) in [5, 5.41) is 0. The van der Waals surface area contributed by atoms with E-state index in [1.54, 1.807) is 0 Å². The van der Waals surface area contributed by atoms with E-state index in [4.69, 9.17) is 18.9 Å². The maximum atomic E-state index is 5.84. The Bertz CT molecular complexity index is 893. The van der Waals surface area contributed by atoms with Crippen LogP contribution in [0, 0.1) is 6.92 Å². The number of ether oxygens (including phenoxy) is 4. The fourth-order valence-electron chi connectivity index (χ4n) is 3.58. The zero-order valence-electron chi connectivity index (χ0n) is 16.6. The zero-order chi connectivity index (χ0) is 19.6. The average molecular weight is 390 g/mol. The highest BCUT2D eigenvalue weighted by Gasteiger charge is 2.24. The van der Waals surface area contributed by atoms with Gasteiger partial charge in [0.1, 0.15) is 36.9 Å². The molecule has 150 valence electrons. The fourth-order valence-corrected chi connectivity index (χ4v) is 3.58. The van der Waals surface area contributed by atoms with Gasteiger partial charge in [-0.05, 0) is 41.8 Å². The topological polar surface area (TPSA) is 43.5 Å². The highest BCUT2D eigenvalue weighted by Crippen LogP contribution is 2.32. The summed E-state index contributed by atoms with van der Waals surface area (Å²) in [6.07, 6.45) is 9.70. The molecule has 1 aliphatic carbocycles. The van der Waals surface area contributed by atoms with E-state index in [2.05, 4.69) is 61.6 Å². The third-order valence-electron chi connectivity index (χ3n) is 5.57. The Labute approximate surface area is 171 Å². The Morgan fingerprint density at radius 1 is 0.759 bits per heavy atom. The molecule has 0 bridgehead atoms. The van der Waals surface area contributed by atoms with Crippen molar-refractivity contribution in [1.29, 1.82) is 0 Å². The standard InChI is InChI=1S/C25H26O4/c1-17-12-21(8-11-25(17)29-16-24-15-28-24)20-4-2-18(3-5-20)19-6-9-22(10-7-19)26-13-23-14-27-23/h2-12,18,20,23-24H,13-16H2,1H3. The SMILES string of the molecule is Cc1cc(C2C=CC(c3ccc(OCC4CO4)cc3)C=C2)ccc1OCC1CO1. The van der Waals surface area contributed by atoms with Gasteiger partial charge in [0.05, 0.1) is 13.2 Å². The lowest BCUT2D eigenvalue weighted by Gasteiger charge is -2.19. The molecule has 3 aliphatic rings. The second kappa shape index (κ2) is 8.05. The molecule has 4 nitrogen and oxygen atoms in total. The lowest BCUT2D eigenvalue weighted by Crippen LogP contribution is -2.06. The predicted molar refractivity (Wildman–Crippen MR) is 112 cm³/mol. The molecule has 2 aromatic rings. The summed E-state index contributed by atoms with van der Waals surface area (Å²) in [4.78, 5) is 0. The Balaban J connectivity index is 1.19. The molecule has 29 heavy (non-hydrogen) atoms. The molecule has 0 saturated carbocycles. The number of epoxide rings is 2. The van der Waals surface area contributed by atoms with Crippen molar-refractivity contribution in [2.45, 2.75) is 31.0 Å². The minimum absolute atomic E-state index is 0.281. The van der Waals surface area contributed by atoms with E-state index < -0.39 is 0 Å². The van der Waals surface area contributed by atoms with Crippen LogP contribution in [0.1, 0.15) is 28.5 Å². The molecule has 0 N–H and O–H groups in total. The van der Waals surface area contributed by atoms with Crippen molar-refractivity contribution in [2.75, 3.05) is 26.4 Å². The summed E-state index contributed by atoms with van der Waals surface area (Å²) in [6, 6.07) is 14.8. The second-order valence-electron chi connectivity index (χ2n) is 7.95. The predicted octanol–water partition coefficient (Wildman–Crippen LogP) is 4.54. The first-order chi connectivity index (χ1) is 14.2. The number of allylic oxidation sites excluding steroid dienone is 4. The molecule has 5 rings (SSSR count). The molecule has 2 saturated heterocycles. The van der Waals surface area contributed by atoms with Crippen LogP contribution in [0.3, 0.4) is 0 Å². The molecule has 0 spiro atoms. The van der Waals surface area contributed by atoms with Crippen molar-refractivity contribution >= 4 is 0 Å². The van der Waals surface area contributed by atoms with Crippen LogP contribution < -0.4 is 9.47 Å². The van der Waals surface area contributed by atoms with E-state index in [1.165, 1.54) is 16.7 Å². The molecule has 2 fully saturated rings. The molecule has 2 heterocycles. The summed E-state index contributed by atoms with van der Waals surface area (Å²) in [5.41, 5.74) is 3.72. The van der Waals surface area contributed by atoms with Crippen molar-refractivity contribution in [2.24, 2.45) is 0 Å². The Morgan fingerprint density at radius 3 is 1.90 bits per heavy atom. The number of hydrogen-bond acceptors (Lipinski definition) is 4. The summed E-state index contributed by atoms with van der Waals surface area (Å²) in [7, 11) is 0. The van der Waals surface area contributed by atoms with Gasteiger partial charge in [-0.1, -0.05) is 48.6 Å². The largest absolute Gasteiger partial charge is 0.491 e. The molecule has 0 radical (unpaired) electrons. The molecule has 2 unspecified atom stereocenters. The van der Waals surface area contributed by atoms with Gasteiger partial charge in [0, 0.05) is 11.8 Å². The van der Waals surface area contributed by atoms with Crippen molar-refractivity contribution in [3.8, 4) is 11.5 Å². The van der Waals surface area contributed by atoms with Crippen LogP contribution in [-0.2, 0) is 9.47 Å². The van der Waals surface area contributed by atoms with Crippen molar-refractivity contribution in [1.82, 2.24) is 0 Å². The van der Waals surface area contributed by atoms with Crippen LogP contribution in [0.25, 0.3) is 0 Å². The smallest absolute Gasteiger partial charge is 0.122 e. The fraction of sp³-hybridized carbons (Fsp3) is 0.360. The minimum atomic E-state index is 0.281. The van der Waals surface area contributed by atoms with E-state index in [9.17, 15) is 0 Å². The van der Waals surface area contributed by atoms with Crippen molar-refractivity contribution in [3.05, 3.63) is 83.5 Å². The van der Waals surface area contributed by atoms with Crippen LogP contribution in [0.4, 0.5) is 0 Å². The lowest BCUT2D eigenvalue weighted by molar-refractivity contribution is 0.261. The first kappa shape index (κ1) is 18.5. The zero-order valence-corrected chi connectivity index (χ0v) is 16.6. The number of aryl methyl sites for hydroxylation is 1. The first-order valence-electron chi connectivity index (χ1n) is 10.3. The van der Waals surface area contributed by atoms with E-state index >= 15 is 0 Å². The van der Waals surface area contributed by atoms with Crippen LogP contribution >= 0.6 is 0 Å². The highest BCUT2D eigenvalue weighted by molar-refractivity contribution is 5.43. The molecule has 2 aliphatic heterocycles. The number of rotatable bonds is 8. The van der Waals surface area contributed by atoms with Crippen molar-refractivity contribution < 1.29 is 18.9 Å². The van der Waals surface area contributed by atoms with Crippen LogP contribution in [0.15, 0.2) is 66.8 Å². The molecular formula is C25H26O4. The Morgan fingerprint density at radius 2 is 1.31 bits per heavy atom. The van der Waals surface area contributed by atoms with Gasteiger partial charge in [0.25, 0.3) is 0 Å². The molecule has 2 atom stereocenters. The van der Waals surface area contributed by atoms with E-state index in [1.807, 2.05) is 12.1 Å². The molecule has 4 heteroatoms. The summed E-state index contributed by atoms with van der Waals surface area (Å²) < 4.78 is 22.0. The second-order valence-corrected chi connectivity index (χ2v) is 7.95. The molecule has 0 amide bonds. The van der Waals surface area contributed by atoms with Gasteiger partial charge in [-0.3, -0.25) is 0 Å². The van der Waals surface area contributed by atoms with E-state index in [0.717, 1.165) is 24.7 Å². The molecular weight excluding hydrogens is 364 g/mol. The van der Waals surface area contributed by atoms with Crippen LogP contribution in [0.5, 0.6) is 11.5 Å².